The van der Waals surface area contributed by atoms with Crippen molar-refractivity contribution in [1.29, 1.82) is 5.26 Å². The largest absolute Gasteiger partial charge is 0.467 e. The van der Waals surface area contributed by atoms with Crippen LogP contribution in [0.5, 0.6) is 5.88 Å². The highest BCUT2D eigenvalue weighted by atomic mass is 19.4. The molecule has 0 saturated carbocycles. The molecule has 20 heavy (non-hydrogen) atoms. The van der Waals surface area contributed by atoms with E-state index in [-0.39, 0.29) is 24.4 Å². The van der Waals surface area contributed by atoms with Crippen LogP contribution in [-0.2, 0) is 0 Å². The fourth-order valence-corrected chi connectivity index (χ4v) is 1.34. The third-order valence-corrected chi connectivity index (χ3v) is 2.28. The Kier molecular flexibility index (Phi) is 5.32. The number of halogens is 3. The van der Waals surface area contributed by atoms with Crippen molar-refractivity contribution in [1.82, 2.24) is 9.88 Å². The SMILES string of the molecule is CN(CCC#N)C(=O)c1cccnc1OCC(F)(F)F. The summed E-state index contributed by atoms with van der Waals surface area (Å²) >= 11 is 0. The molecular formula is C12H12F3N3O2. The molecule has 0 N–H and O–H groups in total. The minimum absolute atomic E-state index is 0.0720. The molecule has 0 aliphatic rings. The second-order valence-electron chi connectivity index (χ2n) is 3.89. The Morgan fingerprint density at radius 2 is 2.25 bits per heavy atom. The molecule has 0 aliphatic carbocycles. The van der Waals surface area contributed by atoms with Gasteiger partial charge in [0.25, 0.3) is 5.91 Å². The van der Waals surface area contributed by atoms with Crippen molar-refractivity contribution in [3.05, 3.63) is 23.9 Å². The average Bonchev–Trinajstić information content (AvgIpc) is 2.41. The van der Waals surface area contributed by atoms with Crippen molar-refractivity contribution in [2.45, 2.75) is 12.6 Å². The van der Waals surface area contributed by atoms with E-state index in [1.807, 2.05) is 6.07 Å². The summed E-state index contributed by atoms with van der Waals surface area (Å²) in [6.45, 7) is -1.35. The van der Waals surface area contributed by atoms with Gasteiger partial charge in [-0.1, -0.05) is 0 Å². The van der Waals surface area contributed by atoms with Gasteiger partial charge in [-0.25, -0.2) is 4.98 Å². The lowest BCUT2D eigenvalue weighted by Crippen LogP contribution is -2.29. The van der Waals surface area contributed by atoms with Gasteiger partial charge in [-0.15, -0.1) is 0 Å². The molecule has 0 fully saturated rings. The van der Waals surface area contributed by atoms with Gasteiger partial charge in [-0.2, -0.15) is 18.4 Å². The topological polar surface area (TPSA) is 66.2 Å². The normalized spacial score (nSPS) is 10.8. The number of carbonyl (C=O) groups is 1. The number of pyridine rings is 1. The molecule has 8 heteroatoms. The predicted molar refractivity (Wildman–Crippen MR) is 63.0 cm³/mol. The van der Waals surface area contributed by atoms with Gasteiger partial charge in [-0.05, 0) is 12.1 Å². The van der Waals surface area contributed by atoms with Crippen LogP contribution in [0, 0.1) is 11.3 Å². The van der Waals surface area contributed by atoms with E-state index < -0.39 is 18.7 Å². The van der Waals surface area contributed by atoms with E-state index in [1.165, 1.54) is 30.3 Å². The molecule has 0 radical (unpaired) electrons. The molecule has 0 aromatic carbocycles. The third kappa shape index (κ3) is 4.76. The summed E-state index contributed by atoms with van der Waals surface area (Å²) in [5.41, 5.74) is -0.0720. The van der Waals surface area contributed by atoms with Crippen LogP contribution in [0.4, 0.5) is 13.2 Å². The Morgan fingerprint density at radius 3 is 2.85 bits per heavy atom. The zero-order chi connectivity index (χ0) is 15.2. The highest BCUT2D eigenvalue weighted by Gasteiger charge is 2.29. The Morgan fingerprint density at radius 1 is 1.55 bits per heavy atom. The van der Waals surface area contributed by atoms with Crippen LogP contribution in [0.3, 0.4) is 0 Å². The molecule has 0 atom stereocenters. The molecule has 1 heterocycles. The molecule has 1 rings (SSSR count). The number of amides is 1. The number of carbonyl (C=O) groups excluding carboxylic acids is 1. The summed E-state index contributed by atoms with van der Waals surface area (Å²) in [5.74, 6) is -0.927. The molecule has 0 unspecified atom stereocenters. The summed E-state index contributed by atoms with van der Waals surface area (Å²) < 4.78 is 40.9. The van der Waals surface area contributed by atoms with E-state index in [0.717, 1.165) is 0 Å². The molecule has 0 saturated heterocycles. The van der Waals surface area contributed by atoms with Crippen molar-refractivity contribution in [3.8, 4) is 11.9 Å². The molecular weight excluding hydrogens is 275 g/mol. The summed E-state index contributed by atoms with van der Waals surface area (Å²) in [6.07, 6.45) is -3.15. The summed E-state index contributed by atoms with van der Waals surface area (Å²) in [4.78, 5) is 16.9. The van der Waals surface area contributed by atoms with E-state index in [1.54, 1.807) is 0 Å². The van der Waals surface area contributed by atoms with E-state index in [0.29, 0.717) is 0 Å². The first-order chi connectivity index (χ1) is 9.35. The van der Waals surface area contributed by atoms with Gasteiger partial charge >= 0.3 is 6.18 Å². The van der Waals surface area contributed by atoms with Crippen molar-refractivity contribution in [3.63, 3.8) is 0 Å². The Balaban J connectivity index is 2.84. The number of ether oxygens (including phenoxy) is 1. The molecule has 0 spiro atoms. The van der Waals surface area contributed by atoms with Gasteiger partial charge in [0, 0.05) is 19.8 Å². The maximum atomic E-state index is 12.1. The van der Waals surface area contributed by atoms with E-state index >= 15 is 0 Å². The van der Waals surface area contributed by atoms with Gasteiger partial charge in [0.05, 0.1) is 12.5 Å². The first-order valence-corrected chi connectivity index (χ1v) is 5.62. The van der Waals surface area contributed by atoms with Crippen LogP contribution in [0.1, 0.15) is 16.8 Å². The standard InChI is InChI=1S/C12H12F3N3O2/c1-18(7-3-5-16)11(19)9-4-2-6-17-10(9)20-8-12(13,14)15/h2,4,6H,3,7-8H2,1H3. The Labute approximate surface area is 113 Å². The Bertz CT molecular complexity index is 511. The lowest BCUT2D eigenvalue weighted by molar-refractivity contribution is -0.154. The smallest absolute Gasteiger partial charge is 0.422 e. The number of aromatic nitrogens is 1. The second-order valence-corrected chi connectivity index (χ2v) is 3.89. The minimum atomic E-state index is -4.51. The maximum absolute atomic E-state index is 12.1. The number of rotatable bonds is 5. The van der Waals surface area contributed by atoms with Crippen LogP contribution in [0.25, 0.3) is 0 Å². The van der Waals surface area contributed by atoms with Gasteiger partial charge in [0.1, 0.15) is 5.56 Å². The maximum Gasteiger partial charge on any atom is 0.422 e. The third-order valence-electron chi connectivity index (χ3n) is 2.28. The summed E-state index contributed by atoms with van der Waals surface area (Å²) in [6, 6.07) is 4.62. The molecule has 1 aromatic rings. The lowest BCUT2D eigenvalue weighted by atomic mass is 10.2. The number of hydrogen-bond acceptors (Lipinski definition) is 4. The predicted octanol–water partition coefficient (Wildman–Crippen LogP) is 2.01. The van der Waals surface area contributed by atoms with Gasteiger partial charge in [0.2, 0.25) is 5.88 Å². The number of alkyl halides is 3. The fraction of sp³-hybridized carbons (Fsp3) is 0.417. The van der Waals surface area contributed by atoms with Gasteiger partial charge < -0.3 is 9.64 Å². The summed E-state index contributed by atoms with van der Waals surface area (Å²) in [7, 11) is 1.44. The second kappa shape index (κ2) is 6.75. The van der Waals surface area contributed by atoms with Crippen molar-refractivity contribution in [2.24, 2.45) is 0 Å². The van der Waals surface area contributed by atoms with Crippen molar-refractivity contribution >= 4 is 5.91 Å². The van der Waals surface area contributed by atoms with E-state index in [4.69, 9.17) is 5.26 Å². The lowest BCUT2D eigenvalue weighted by Gasteiger charge is -2.17. The van der Waals surface area contributed by atoms with E-state index in [2.05, 4.69) is 9.72 Å². The van der Waals surface area contributed by atoms with Crippen molar-refractivity contribution < 1.29 is 22.7 Å². The monoisotopic (exact) mass is 287 g/mol. The molecule has 5 nitrogen and oxygen atoms in total. The molecule has 1 aromatic heterocycles. The van der Waals surface area contributed by atoms with Crippen molar-refractivity contribution in [2.75, 3.05) is 20.2 Å². The minimum Gasteiger partial charge on any atom is -0.467 e. The number of hydrogen-bond donors (Lipinski definition) is 0. The first-order valence-electron chi connectivity index (χ1n) is 5.62. The van der Waals surface area contributed by atoms with Gasteiger partial charge in [0.15, 0.2) is 6.61 Å². The highest BCUT2D eigenvalue weighted by molar-refractivity contribution is 5.96. The van der Waals surface area contributed by atoms with Crippen LogP contribution in [-0.4, -0.2) is 42.2 Å². The Hall–Kier alpha value is -2.30. The van der Waals surface area contributed by atoms with E-state index in [9.17, 15) is 18.0 Å². The quantitative estimate of drug-likeness (QED) is 0.831. The number of nitrogens with zero attached hydrogens (tertiary/aromatic N) is 3. The summed E-state index contributed by atoms with van der Waals surface area (Å²) in [5, 5.41) is 8.45. The molecule has 108 valence electrons. The zero-order valence-corrected chi connectivity index (χ0v) is 10.6. The number of nitriles is 1. The van der Waals surface area contributed by atoms with Crippen LogP contribution in [0.2, 0.25) is 0 Å². The van der Waals surface area contributed by atoms with Crippen LogP contribution in [0.15, 0.2) is 18.3 Å². The van der Waals surface area contributed by atoms with Crippen LogP contribution >= 0.6 is 0 Å². The molecule has 0 bridgehead atoms. The van der Waals surface area contributed by atoms with Crippen LogP contribution < -0.4 is 4.74 Å². The molecule has 1 amide bonds. The zero-order valence-electron chi connectivity index (χ0n) is 10.6. The first kappa shape index (κ1) is 15.8. The fourth-order valence-electron chi connectivity index (χ4n) is 1.34. The highest BCUT2D eigenvalue weighted by Crippen LogP contribution is 2.20. The van der Waals surface area contributed by atoms with Gasteiger partial charge in [-0.3, -0.25) is 4.79 Å². The molecule has 0 aliphatic heterocycles. The average molecular weight is 287 g/mol.